The average Bonchev–Trinajstić information content (AvgIpc) is 2.08. The first-order chi connectivity index (χ1) is 5.81. The molecule has 72 valence electrons. The van der Waals surface area contributed by atoms with E-state index in [0.29, 0.717) is 13.1 Å². The highest BCUT2D eigenvalue weighted by Crippen LogP contribution is 2.08. The van der Waals surface area contributed by atoms with E-state index < -0.39 is 0 Å². The molecule has 12 heavy (non-hydrogen) atoms. The first-order valence-electron chi connectivity index (χ1n) is 4.57. The van der Waals surface area contributed by atoms with Gasteiger partial charge in [0.05, 0.1) is 6.61 Å². The number of hydrogen-bond donors (Lipinski definition) is 1. The molecule has 0 unspecified atom stereocenters. The van der Waals surface area contributed by atoms with Crippen molar-refractivity contribution in [1.82, 2.24) is 5.32 Å². The minimum Gasteiger partial charge on any atom is -0.468 e. The molecule has 1 fully saturated rings. The molecule has 0 spiro atoms. The van der Waals surface area contributed by atoms with Crippen molar-refractivity contribution < 1.29 is 9.53 Å². The Labute approximate surface area is 74.5 Å². The van der Waals surface area contributed by atoms with Crippen molar-refractivity contribution in [3.8, 4) is 0 Å². The Morgan fingerprint density at radius 2 is 2.08 bits per heavy atom. The van der Waals surface area contributed by atoms with Crippen molar-refractivity contribution in [3.63, 3.8) is 0 Å². The maximum Gasteiger partial charge on any atom is 0.293 e. The summed E-state index contributed by atoms with van der Waals surface area (Å²) in [5, 5.41) is 3.32. The van der Waals surface area contributed by atoms with Crippen LogP contribution in [-0.2, 0) is 9.53 Å². The van der Waals surface area contributed by atoms with Gasteiger partial charge in [-0.25, -0.2) is 0 Å². The maximum atomic E-state index is 9.18. The van der Waals surface area contributed by atoms with Gasteiger partial charge in [0.15, 0.2) is 0 Å². The van der Waals surface area contributed by atoms with Crippen molar-refractivity contribution in [1.29, 1.82) is 0 Å². The quantitative estimate of drug-likeness (QED) is 0.637. The summed E-state index contributed by atoms with van der Waals surface area (Å²) in [7, 11) is 0. The molecule has 0 aromatic rings. The third-order valence-electron chi connectivity index (χ3n) is 1.86. The van der Waals surface area contributed by atoms with Gasteiger partial charge in [-0.2, -0.15) is 0 Å². The summed E-state index contributed by atoms with van der Waals surface area (Å²) in [6, 6.07) is 0. The van der Waals surface area contributed by atoms with Crippen LogP contribution in [0.4, 0.5) is 0 Å². The second-order valence-corrected chi connectivity index (χ2v) is 2.98. The Hall–Kier alpha value is -0.570. The van der Waals surface area contributed by atoms with Crippen LogP contribution in [0.1, 0.15) is 26.7 Å². The summed E-state index contributed by atoms with van der Waals surface area (Å²) in [5.74, 6) is 0.973. The van der Waals surface area contributed by atoms with E-state index in [4.69, 9.17) is 0 Å². The van der Waals surface area contributed by atoms with Crippen LogP contribution >= 0.6 is 0 Å². The van der Waals surface area contributed by atoms with E-state index in [1.165, 1.54) is 25.9 Å². The Kier molecular flexibility index (Phi) is 8.12. The van der Waals surface area contributed by atoms with Gasteiger partial charge in [-0.05, 0) is 38.8 Å². The van der Waals surface area contributed by atoms with Crippen molar-refractivity contribution >= 4 is 6.47 Å². The molecule has 0 aliphatic carbocycles. The summed E-state index contributed by atoms with van der Waals surface area (Å²) >= 11 is 0. The predicted molar refractivity (Wildman–Crippen MR) is 49.0 cm³/mol. The molecule has 0 aromatic carbocycles. The molecular formula is C9H19NO2. The molecule has 1 aliphatic rings. The van der Waals surface area contributed by atoms with Gasteiger partial charge in [-0.15, -0.1) is 0 Å². The Morgan fingerprint density at radius 1 is 1.50 bits per heavy atom. The van der Waals surface area contributed by atoms with Gasteiger partial charge < -0.3 is 10.1 Å². The van der Waals surface area contributed by atoms with E-state index in [0.717, 1.165) is 5.92 Å². The van der Waals surface area contributed by atoms with Crippen LogP contribution in [0.15, 0.2) is 0 Å². The molecule has 0 amide bonds. The van der Waals surface area contributed by atoms with Crippen LogP contribution in [-0.4, -0.2) is 26.2 Å². The fourth-order valence-corrected chi connectivity index (χ4v) is 1.03. The molecule has 1 rings (SSSR count). The number of ether oxygens (including phenoxy) is 1. The minimum atomic E-state index is 0.431. The van der Waals surface area contributed by atoms with E-state index in [1.54, 1.807) is 6.92 Å². The molecule has 3 heteroatoms. The highest BCUT2D eigenvalue weighted by atomic mass is 16.5. The first kappa shape index (κ1) is 11.4. The number of carbonyl (C=O) groups is 1. The second kappa shape index (κ2) is 8.53. The highest BCUT2D eigenvalue weighted by molar-refractivity contribution is 5.36. The van der Waals surface area contributed by atoms with Crippen molar-refractivity contribution in [3.05, 3.63) is 0 Å². The summed E-state index contributed by atoms with van der Waals surface area (Å²) in [5.41, 5.74) is 0. The number of carbonyl (C=O) groups excluding carboxylic acids is 1. The van der Waals surface area contributed by atoms with Crippen LogP contribution in [0.25, 0.3) is 0 Å². The predicted octanol–water partition coefficient (Wildman–Crippen LogP) is 1.19. The lowest BCUT2D eigenvalue weighted by Crippen LogP contribution is -2.26. The Balaban J connectivity index is 0.000000217. The van der Waals surface area contributed by atoms with Gasteiger partial charge in [0.25, 0.3) is 6.47 Å². The van der Waals surface area contributed by atoms with Gasteiger partial charge in [-0.1, -0.05) is 6.92 Å². The van der Waals surface area contributed by atoms with Gasteiger partial charge in [-0.3, -0.25) is 4.79 Å². The largest absolute Gasteiger partial charge is 0.468 e. The van der Waals surface area contributed by atoms with E-state index >= 15 is 0 Å². The number of hydrogen-bond acceptors (Lipinski definition) is 3. The molecule has 3 nitrogen and oxygen atoms in total. The van der Waals surface area contributed by atoms with Crippen LogP contribution in [0.2, 0.25) is 0 Å². The number of rotatable bonds is 2. The summed E-state index contributed by atoms with van der Waals surface area (Å²) in [6.07, 6.45) is 2.75. The van der Waals surface area contributed by atoms with Crippen molar-refractivity contribution in [2.24, 2.45) is 5.92 Å². The van der Waals surface area contributed by atoms with Crippen molar-refractivity contribution in [2.75, 3.05) is 19.7 Å². The fourth-order valence-electron chi connectivity index (χ4n) is 1.03. The van der Waals surface area contributed by atoms with E-state index in [1.807, 2.05) is 0 Å². The maximum absolute atomic E-state index is 9.18. The van der Waals surface area contributed by atoms with Crippen LogP contribution in [0.5, 0.6) is 0 Å². The topological polar surface area (TPSA) is 38.3 Å². The fraction of sp³-hybridized carbons (Fsp3) is 0.889. The molecule has 0 aromatic heterocycles. The molecule has 0 bridgehead atoms. The van der Waals surface area contributed by atoms with Gasteiger partial charge >= 0.3 is 0 Å². The smallest absolute Gasteiger partial charge is 0.293 e. The third kappa shape index (κ3) is 7.54. The number of piperidine rings is 1. The highest BCUT2D eigenvalue weighted by Gasteiger charge is 2.04. The molecule has 0 radical (unpaired) electrons. The summed E-state index contributed by atoms with van der Waals surface area (Å²) < 4.78 is 4.15. The monoisotopic (exact) mass is 173 g/mol. The lowest BCUT2D eigenvalue weighted by molar-refractivity contribution is -0.128. The normalized spacial score (nSPS) is 17.5. The molecule has 1 N–H and O–H groups in total. The molecule has 0 saturated carbocycles. The van der Waals surface area contributed by atoms with Crippen molar-refractivity contribution in [2.45, 2.75) is 26.7 Å². The lowest BCUT2D eigenvalue weighted by atomic mass is 10.0. The first-order valence-corrected chi connectivity index (χ1v) is 4.57. The zero-order chi connectivity index (χ0) is 9.23. The van der Waals surface area contributed by atoms with Gasteiger partial charge in [0, 0.05) is 0 Å². The zero-order valence-corrected chi connectivity index (χ0v) is 8.01. The Bertz CT molecular complexity index is 101. The summed E-state index contributed by atoms with van der Waals surface area (Å²) in [4.78, 5) is 9.18. The van der Waals surface area contributed by atoms with Gasteiger partial charge in [0.2, 0.25) is 0 Å². The van der Waals surface area contributed by atoms with E-state index in [2.05, 4.69) is 17.0 Å². The Morgan fingerprint density at radius 3 is 2.25 bits per heavy atom. The third-order valence-corrected chi connectivity index (χ3v) is 1.86. The van der Waals surface area contributed by atoms with Crippen LogP contribution in [0, 0.1) is 5.92 Å². The lowest BCUT2D eigenvalue weighted by Gasteiger charge is -2.17. The number of nitrogens with one attached hydrogen (secondary N) is 1. The zero-order valence-electron chi connectivity index (χ0n) is 8.01. The van der Waals surface area contributed by atoms with Gasteiger partial charge in [0.1, 0.15) is 0 Å². The second-order valence-electron chi connectivity index (χ2n) is 2.98. The minimum absolute atomic E-state index is 0.431. The molecule has 1 saturated heterocycles. The van der Waals surface area contributed by atoms with Crippen LogP contribution < -0.4 is 5.32 Å². The molecule has 1 aliphatic heterocycles. The van der Waals surface area contributed by atoms with E-state index in [9.17, 15) is 4.79 Å². The molecular weight excluding hydrogens is 154 g/mol. The van der Waals surface area contributed by atoms with E-state index in [-0.39, 0.29) is 0 Å². The average molecular weight is 173 g/mol. The summed E-state index contributed by atoms with van der Waals surface area (Å²) in [6.45, 7) is 7.46. The SMILES string of the molecule is CC1CCNCC1.CCOC=O. The standard InChI is InChI=1S/C6H13N.C3H6O2/c1-6-2-4-7-5-3-6;1-2-5-3-4/h6-7H,2-5H2,1H3;3H,2H2,1H3. The molecule has 1 heterocycles. The molecule has 0 atom stereocenters. The van der Waals surface area contributed by atoms with Crippen LogP contribution in [0.3, 0.4) is 0 Å².